The zero-order valence-corrected chi connectivity index (χ0v) is 16.4. The molecule has 11 heteroatoms. The summed E-state index contributed by atoms with van der Waals surface area (Å²) in [5.41, 5.74) is 0.459. The van der Waals surface area contributed by atoms with E-state index in [0.29, 0.717) is 23.8 Å². The third kappa shape index (κ3) is 3.48. The van der Waals surface area contributed by atoms with Crippen molar-refractivity contribution in [2.75, 3.05) is 13.1 Å². The van der Waals surface area contributed by atoms with Crippen molar-refractivity contribution in [1.82, 2.24) is 18.7 Å². The van der Waals surface area contributed by atoms with Crippen LogP contribution in [0.5, 0.6) is 0 Å². The van der Waals surface area contributed by atoms with Crippen molar-refractivity contribution in [3.8, 4) is 0 Å². The van der Waals surface area contributed by atoms with Crippen molar-refractivity contribution in [2.24, 2.45) is 0 Å². The monoisotopic (exact) mass is 419 g/mol. The summed E-state index contributed by atoms with van der Waals surface area (Å²) in [4.78, 5) is 19.6. The first-order valence-corrected chi connectivity index (χ1v) is 11.0. The summed E-state index contributed by atoms with van der Waals surface area (Å²) in [5, 5.41) is 12.1. The average molecular weight is 419 g/mol. The van der Waals surface area contributed by atoms with E-state index in [1.807, 2.05) is 0 Å². The number of nitro groups is 1. The van der Waals surface area contributed by atoms with Crippen LogP contribution in [0.3, 0.4) is 0 Å². The van der Waals surface area contributed by atoms with Crippen LogP contribution >= 0.6 is 11.8 Å². The van der Waals surface area contributed by atoms with Gasteiger partial charge in [-0.1, -0.05) is 12.5 Å². The maximum atomic E-state index is 12.7. The lowest BCUT2D eigenvalue weighted by Gasteiger charge is -2.25. The van der Waals surface area contributed by atoms with Crippen LogP contribution in [0.25, 0.3) is 5.65 Å². The number of nitrogens with zero attached hydrogens (tertiary/aromatic N) is 5. The molecule has 1 fully saturated rings. The molecule has 9 nitrogen and oxygen atoms in total. The highest BCUT2D eigenvalue weighted by Crippen LogP contribution is 2.34. The van der Waals surface area contributed by atoms with Gasteiger partial charge in [0.05, 0.1) is 6.20 Å². The SMILES string of the molecule is O=[N+]([O-])c1c(Sc2ccc(S(=O)(=O)N3CCCCC3)cn2)nc2ccccn12. The van der Waals surface area contributed by atoms with Gasteiger partial charge in [0.2, 0.25) is 20.7 Å². The van der Waals surface area contributed by atoms with Crippen molar-refractivity contribution in [3.63, 3.8) is 0 Å². The van der Waals surface area contributed by atoms with Gasteiger partial charge in [0.25, 0.3) is 0 Å². The van der Waals surface area contributed by atoms with E-state index in [0.717, 1.165) is 31.0 Å². The molecule has 0 saturated carbocycles. The van der Waals surface area contributed by atoms with Crippen LogP contribution in [0.4, 0.5) is 5.82 Å². The fourth-order valence-electron chi connectivity index (χ4n) is 3.13. The lowest BCUT2D eigenvalue weighted by molar-refractivity contribution is -0.393. The summed E-state index contributed by atoms with van der Waals surface area (Å²) in [5.74, 6) is -0.146. The fourth-order valence-corrected chi connectivity index (χ4v) is 5.43. The Morgan fingerprint density at radius 2 is 1.89 bits per heavy atom. The van der Waals surface area contributed by atoms with Gasteiger partial charge in [0.15, 0.2) is 0 Å². The Balaban J connectivity index is 1.61. The zero-order valence-electron chi connectivity index (χ0n) is 14.8. The third-order valence-electron chi connectivity index (χ3n) is 4.51. The Morgan fingerprint density at radius 1 is 1.11 bits per heavy atom. The molecule has 0 N–H and O–H groups in total. The molecule has 28 heavy (non-hydrogen) atoms. The lowest BCUT2D eigenvalue weighted by atomic mass is 10.2. The first-order valence-electron chi connectivity index (χ1n) is 8.72. The van der Waals surface area contributed by atoms with Crippen LogP contribution in [0.15, 0.2) is 57.7 Å². The lowest BCUT2D eigenvalue weighted by Crippen LogP contribution is -2.35. The minimum absolute atomic E-state index is 0.128. The van der Waals surface area contributed by atoms with E-state index in [1.165, 1.54) is 21.0 Å². The number of pyridine rings is 2. The van der Waals surface area contributed by atoms with Gasteiger partial charge >= 0.3 is 5.82 Å². The highest BCUT2D eigenvalue weighted by Gasteiger charge is 2.27. The number of fused-ring (bicyclic) bond motifs is 1. The van der Waals surface area contributed by atoms with E-state index in [-0.39, 0.29) is 15.7 Å². The molecular formula is C17H17N5O4S2. The van der Waals surface area contributed by atoms with Crippen LogP contribution in [0.1, 0.15) is 19.3 Å². The summed E-state index contributed by atoms with van der Waals surface area (Å²) in [7, 11) is -3.56. The molecule has 1 saturated heterocycles. The average Bonchev–Trinajstić information content (AvgIpc) is 3.07. The Hall–Kier alpha value is -2.50. The van der Waals surface area contributed by atoms with Gasteiger partial charge in [-0.25, -0.2) is 13.4 Å². The number of hydrogen-bond acceptors (Lipinski definition) is 7. The first kappa shape index (κ1) is 18.8. The molecule has 146 valence electrons. The van der Waals surface area contributed by atoms with Crippen molar-refractivity contribution in [1.29, 1.82) is 0 Å². The van der Waals surface area contributed by atoms with Crippen molar-refractivity contribution >= 4 is 33.3 Å². The maximum Gasteiger partial charge on any atom is 0.362 e. The number of hydrogen-bond donors (Lipinski definition) is 0. The Bertz CT molecular complexity index is 1120. The second-order valence-corrected chi connectivity index (χ2v) is 9.27. The molecule has 0 spiro atoms. The number of sulfonamides is 1. The van der Waals surface area contributed by atoms with Crippen LogP contribution in [-0.2, 0) is 10.0 Å². The van der Waals surface area contributed by atoms with E-state index in [9.17, 15) is 18.5 Å². The van der Waals surface area contributed by atoms with Gasteiger partial charge in [0.1, 0.15) is 9.92 Å². The maximum absolute atomic E-state index is 12.7. The molecule has 0 bridgehead atoms. The van der Waals surface area contributed by atoms with Gasteiger partial charge in [-0.3, -0.25) is 0 Å². The Morgan fingerprint density at radius 3 is 2.57 bits per heavy atom. The highest BCUT2D eigenvalue weighted by molar-refractivity contribution is 7.99. The summed E-state index contributed by atoms with van der Waals surface area (Å²) in [6.45, 7) is 1.04. The minimum atomic E-state index is -3.56. The van der Waals surface area contributed by atoms with Gasteiger partial charge in [-0.2, -0.15) is 13.7 Å². The molecular weight excluding hydrogens is 402 g/mol. The van der Waals surface area contributed by atoms with Crippen LogP contribution in [0.2, 0.25) is 0 Å². The normalized spacial score (nSPS) is 15.7. The molecule has 4 rings (SSSR count). The molecule has 0 aliphatic carbocycles. The van der Waals surface area contributed by atoms with Gasteiger partial charge in [0, 0.05) is 25.4 Å². The summed E-state index contributed by atoms with van der Waals surface area (Å²) < 4.78 is 28.3. The van der Waals surface area contributed by atoms with Crippen LogP contribution in [0, 0.1) is 10.1 Å². The van der Waals surface area contributed by atoms with Crippen LogP contribution < -0.4 is 0 Å². The highest BCUT2D eigenvalue weighted by atomic mass is 32.2. The quantitative estimate of drug-likeness (QED) is 0.462. The standard InChI is InChI=1S/C17H17N5O4S2/c23-22(24)17-16(19-14-6-2-5-11-21(14)17)27-15-8-7-13(12-18-15)28(25,26)20-9-3-1-4-10-20/h2,5-8,11-12H,1,3-4,9-10H2. The summed E-state index contributed by atoms with van der Waals surface area (Å²) in [6.07, 6.45) is 5.63. The molecule has 1 aliphatic heterocycles. The number of aromatic nitrogens is 3. The smallest absolute Gasteiger partial charge is 0.358 e. The molecule has 0 atom stereocenters. The van der Waals surface area contributed by atoms with E-state index < -0.39 is 14.9 Å². The van der Waals surface area contributed by atoms with E-state index in [2.05, 4.69) is 9.97 Å². The van der Waals surface area contributed by atoms with Gasteiger partial charge in [-0.05, 0) is 47.7 Å². The van der Waals surface area contributed by atoms with Gasteiger partial charge < -0.3 is 10.1 Å². The van der Waals surface area contributed by atoms with E-state index in [4.69, 9.17) is 0 Å². The number of piperidine rings is 1. The molecule has 0 radical (unpaired) electrons. The summed E-state index contributed by atoms with van der Waals surface area (Å²) >= 11 is 1.03. The third-order valence-corrected chi connectivity index (χ3v) is 7.31. The Kier molecular flexibility index (Phi) is 5.04. The molecule has 3 aromatic rings. The van der Waals surface area contributed by atoms with E-state index in [1.54, 1.807) is 30.5 Å². The minimum Gasteiger partial charge on any atom is -0.358 e. The fraction of sp³-hybridized carbons (Fsp3) is 0.294. The molecule has 0 amide bonds. The molecule has 0 aromatic carbocycles. The Labute approximate surface area is 165 Å². The predicted octanol–water partition coefficient (Wildman–Crippen LogP) is 2.96. The topological polar surface area (TPSA) is 111 Å². The molecule has 4 heterocycles. The second-order valence-electron chi connectivity index (χ2n) is 6.33. The number of imidazole rings is 1. The van der Waals surface area contributed by atoms with E-state index >= 15 is 0 Å². The number of rotatable bonds is 5. The summed E-state index contributed by atoms with van der Waals surface area (Å²) in [6, 6.07) is 8.16. The molecule has 1 aliphatic rings. The van der Waals surface area contributed by atoms with Crippen molar-refractivity contribution in [2.45, 2.75) is 34.2 Å². The predicted molar refractivity (Wildman–Crippen MR) is 103 cm³/mol. The molecule has 3 aromatic heterocycles. The molecule has 0 unspecified atom stereocenters. The zero-order chi connectivity index (χ0) is 19.7. The largest absolute Gasteiger partial charge is 0.362 e. The second kappa shape index (κ2) is 7.49. The first-order chi connectivity index (χ1) is 13.5. The van der Waals surface area contributed by atoms with Crippen LogP contribution in [-0.4, -0.2) is 45.1 Å². The van der Waals surface area contributed by atoms with Crippen molar-refractivity contribution < 1.29 is 13.3 Å². The van der Waals surface area contributed by atoms with Crippen molar-refractivity contribution in [3.05, 3.63) is 52.8 Å². The van der Waals surface area contributed by atoms with Gasteiger partial charge in [-0.15, -0.1) is 0 Å².